The van der Waals surface area contributed by atoms with Crippen LogP contribution in [0.2, 0.25) is 0 Å². The van der Waals surface area contributed by atoms with Crippen molar-refractivity contribution in [3.63, 3.8) is 0 Å². The first-order chi connectivity index (χ1) is 9.78. The van der Waals surface area contributed by atoms with E-state index in [-0.39, 0.29) is 5.91 Å². The fourth-order valence-electron chi connectivity index (χ4n) is 1.55. The number of hydrogen-bond acceptors (Lipinski definition) is 4. The van der Waals surface area contributed by atoms with Gasteiger partial charge in [-0.25, -0.2) is 4.98 Å². The predicted octanol–water partition coefficient (Wildman–Crippen LogP) is 2.83. The molecule has 0 aliphatic carbocycles. The molecule has 0 saturated heterocycles. The van der Waals surface area contributed by atoms with Crippen LogP contribution in [0.5, 0.6) is 0 Å². The molecule has 0 aliphatic heterocycles. The van der Waals surface area contributed by atoms with Gasteiger partial charge in [0.2, 0.25) is 5.91 Å². The number of benzene rings is 1. The number of amides is 1. The van der Waals surface area contributed by atoms with E-state index in [0.29, 0.717) is 17.1 Å². The topological polar surface area (TPSA) is 65.8 Å². The summed E-state index contributed by atoms with van der Waals surface area (Å²) in [6.45, 7) is 0. The van der Waals surface area contributed by atoms with E-state index in [2.05, 4.69) is 16.4 Å². The second kappa shape index (κ2) is 7.31. The number of nitrogens with one attached hydrogen (secondary N) is 1. The Kier molecular flexibility index (Phi) is 5.15. The average Bonchev–Trinajstić information content (AvgIpc) is 2.49. The first-order valence-electron chi connectivity index (χ1n) is 6.05. The van der Waals surface area contributed by atoms with Crippen molar-refractivity contribution in [1.82, 2.24) is 4.98 Å². The van der Waals surface area contributed by atoms with Crippen molar-refractivity contribution in [3.05, 3.63) is 59.8 Å². The Bertz CT molecular complexity index is 605. The Labute approximate surface area is 121 Å². The van der Waals surface area contributed by atoms with Gasteiger partial charge in [-0.1, -0.05) is 18.2 Å². The Hall–Kier alpha value is -2.32. The van der Waals surface area contributed by atoms with E-state index in [4.69, 9.17) is 5.26 Å². The summed E-state index contributed by atoms with van der Waals surface area (Å²) in [5.41, 5.74) is 1.74. The molecule has 0 fully saturated rings. The Morgan fingerprint density at radius 2 is 2.05 bits per heavy atom. The van der Waals surface area contributed by atoms with Crippen LogP contribution in [-0.4, -0.2) is 16.6 Å². The number of anilines is 1. The molecule has 0 bridgehead atoms. The van der Waals surface area contributed by atoms with E-state index in [0.717, 1.165) is 11.3 Å². The number of rotatable bonds is 5. The van der Waals surface area contributed by atoms with Crippen LogP contribution in [0, 0.1) is 11.3 Å². The molecule has 1 N–H and O–H groups in total. The third-order valence-electron chi connectivity index (χ3n) is 2.52. The lowest BCUT2D eigenvalue weighted by Crippen LogP contribution is -2.14. The van der Waals surface area contributed by atoms with Crippen LogP contribution in [0.15, 0.2) is 48.7 Å². The fourth-order valence-corrected chi connectivity index (χ4v) is 2.34. The van der Waals surface area contributed by atoms with Gasteiger partial charge in [0.1, 0.15) is 5.82 Å². The van der Waals surface area contributed by atoms with Crippen molar-refractivity contribution < 1.29 is 4.79 Å². The summed E-state index contributed by atoms with van der Waals surface area (Å²) in [7, 11) is 0. The maximum atomic E-state index is 11.7. The van der Waals surface area contributed by atoms with Crippen LogP contribution in [0.4, 0.5) is 5.82 Å². The van der Waals surface area contributed by atoms with Gasteiger partial charge in [-0.2, -0.15) is 5.26 Å². The molecule has 1 amide bonds. The first kappa shape index (κ1) is 14.1. The van der Waals surface area contributed by atoms with Crippen LogP contribution in [0.1, 0.15) is 11.1 Å². The van der Waals surface area contributed by atoms with E-state index in [1.807, 2.05) is 18.2 Å². The highest BCUT2D eigenvalue weighted by molar-refractivity contribution is 7.99. The molecule has 0 radical (unpaired) electrons. The normalized spacial score (nSPS) is 9.75. The minimum Gasteiger partial charge on any atom is -0.310 e. The maximum Gasteiger partial charge on any atom is 0.235 e. The smallest absolute Gasteiger partial charge is 0.235 e. The minimum atomic E-state index is -0.0673. The number of nitriles is 1. The summed E-state index contributed by atoms with van der Waals surface area (Å²) < 4.78 is 0. The zero-order valence-electron chi connectivity index (χ0n) is 10.7. The van der Waals surface area contributed by atoms with Crippen LogP contribution in [0.3, 0.4) is 0 Å². The average molecular weight is 283 g/mol. The van der Waals surface area contributed by atoms with Gasteiger partial charge in [-0.05, 0) is 29.8 Å². The molecule has 0 aliphatic rings. The number of carbonyl (C=O) groups excluding carboxylic acids is 1. The molecule has 2 rings (SSSR count). The molecule has 2 aromatic rings. The molecular formula is C15H13N3OS. The number of carbonyl (C=O) groups is 1. The van der Waals surface area contributed by atoms with Crippen molar-refractivity contribution in [2.75, 3.05) is 11.1 Å². The molecule has 0 atom stereocenters. The molecule has 0 saturated carbocycles. The van der Waals surface area contributed by atoms with Gasteiger partial charge in [0.15, 0.2) is 0 Å². The number of nitrogens with zero attached hydrogens (tertiary/aromatic N) is 2. The summed E-state index contributed by atoms with van der Waals surface area (Å²) in [5, 5.41) is 11.4. The standard InChI is InChI=1S/C15H13N3OS/c16-9-12-4-6-13(7-5-12)10-20-11-15(19)18-14-3-1-2-8-17-14/h1-8H,10-11H2,(H,17,18,19). The van der Waals surface area contributed by atoms with E-state index in [1.165, 1.54) is 11.8 Å². The third kappa shape index (κ3) is 4.41. The van der Waals surface area contributed by atoms with Gasteiger partial charge in [0, 0.05) is 11.9 Å². The second-order valence-electron chi connectivity index (χ2n) is 4.06. The molecule has 1 aromatic heterocycles. The Morgan fingerprint density at radius 1 is 1.25 bits per heavy atom. The first-order valence-corrected chi connectivity index (χ1v) is 7.21. The van der Waals surface area contributed by atoms with Gasteiger partial charge < -0.3 is 5.32 Å². The molecule has 4 nitrogen and oxygen atoms in total. The number of thioether (sulfide) groups is 1. The Balaban J connectivity index is 1.75. The maximum absolute atomic E-state index is 11.7. The Morgan fingerprint density at radius 3 is 2.70 bits per heavy atom. The van der Waals surface area contributed by atoms with Crippen molar-refractivity contribution in [2.24, 2.45) is 0 Å². The number of aromatic nitrogens is 1. The van der Waals surface area contributed by atoms with Crippen LogP contribution < -0.4 is 5.32 Å². The molecule has 100 valence electrons. The predicted molar refractivity (Wildman–Crippen MR) is 80.2 cm³/mol. The summed E-state index contributed by atoms with van der Waals surface area (Å²) in [5.74, 6) is 1.61. The molecule has 1 aromatic carbocycles. The lowest BCUT2D eigenvalue weighted by Gasteiger charge is -2.04. The van der Waals surface area contributed by atoms with Crippen LogP contribution in [0.25, 0.3) is 0 Å². The van der Waals surface area contributed by atoms with E-state index in [9.17, 15) is 4.79 Å². The molecule has 20 heavy (non-hydrogen) atoms. The van der Waals surface area contributed by atoms with E-state index < -0.39 is 0 Å². The molecular weight excluding hydrogens is 270 g/mol. The van der Waals surface area contributed by atoms with Gasteiger partial charge in [0.05, 0.1) is 17.4 Å². The van der Waals surface area contributed by atoms with Gasteiger partial charge in [-0.3, -0.25) is 4.79 Å². The zero-order valence-corrected chi connectivity index (χ0v) is 11.6. The van der Waals surface area contributed by atoms with E-state index in [1.54, 1.807) is 30.5 Å². The molecule has 5 heteroatoms. The monoisotopic (exact) mass is 283 g/mol. The third-order valence-corrected chi connectivity index (χ3v) is 3.52. The highest BCUT2D eigenvalue weighted by atomic mass is 32.2. The van der Waals surface area contributed by atoms with Crippen LogP contribution in [-0.2, 0) is 10.5 Å². The summed E-state index contributed by atoms with van der Waals surface area (Å²) in [6, 6.07) is 14.8. The van der Waals surface area contributed by atoms with Crippen molar-refractivity contribution in [1.29, 1.82) is 5.26 Å². The lowest BCUT2D eigenvalue weighted by molar-refractivity contribution is -0.113. The van der Waals surface area contributed by atoms with Gasteiger partial charge in [-0.15, -0.1) is 11.8 Å². The van der Waals surface area contributed by atoms with Gasteiger partial charge >= 0.3 is 0 Å². The summed E-state index contributed by atoms with van der Waals surface area (Å²) >= 11 is 1.52. The van der Waals surface area contributed by atoms with Gasteiger partial charge in [0.25, 0.3) is 0 Å². The highest BCUT2D eigenvalue weighted by Gasteiger charge is 2.03. The summed E-state index contributed by atoms with van der Waals surface area (Å²) in [4.78, 5) is 15.7. The number of hydrogen-bond donors (Lipinski definition) is 1. The van der Waals surface area contributed by atoms with Crippen molar-refractivity contribution in [3.8, 4) is 6.07 Å². The second-order valence-corrected chi connectivity index (χ2v) is 5.05. The largest absolute Gasteiger partial charge is 0.310 e. The SMILES string of the molecule is N#Cc1ccc(CSCC(=O)Nc2ccccn2)cc1. The molecule has 1 heterocycles. The lowest BCUT2D eigenvalue weighted by atomic mass is 10.2. The summed E-state index contributed by atoms with van der Waals surface area (Å²) in [6.07, 6.45) is 1.64. The fraction of sp³-hybridized carbons (Fsp3) is 0.133. The van der Waals surface area contributed by atoms with Crippen molar-refractivity contribution >= 4 is 23.5 Å². The highest BCUT2D eigenvalue weighted by Crippen LogP contribution is 2.13. The van der Waals surface area contributed by atoms with Crippen LogP contribution >= 0.6 is 11.8 Å². The zero-order chi connectivity index (χ0) is 14.2. The van der Waals surface area contributed by atoms with E-state index >= 15 is 0 Å². The minimum absolute atomic E-state index is 0.0673. The molecule has 0 spiro atoms. The van der Waals surface area contributed by atoms with Crippen molar-refractivity contribution in [2.45, 2.75) is 5.75 Å². The molecule has 0 unspecified atom stereocenters. The number of pyridine rings is 1. The quantitative estimate of drug-likeness (QED) is 0.916.